The van der Waals surface area contributed by atoms with E-state index in [1.54, 1.807) is 10.4 Å². The molecule has 0 spiro atoms. The van der Waals surface area contributed by atoms with Gasteiger partial charge in [0.05, 0.1) is 0 Å². The summed E-state index contributed by atoms with van der Waals surface area (Å²) < 4.78 is 0. The Labute approximate surface area is 109 Å². The van der Waals surface area contributed by atoms with Gasteiger partial charge < -0.3 is 0 Å². The molecule has 1 heterocycles. The zero-order valence-corrected chi connectivity index (χ0v) is 11.8. The van der Waals surface area contributed by atoms with Crippen molar-refractivity contribution < 1.29 is 0 Å². The Bertz CT molecular complexity index is 693. The zero-order valence-electron chi connectivity index (χ0n) is 10.8. The Morgan fingerprint density at radius 2 is 1.78 bits per heavy atom. The summed E-state index contributed by atoms with van der Waals surface area (Å²) in [6.45, 7) is 4.98. The molecule has 0 atom stereocenters. The smallest absolute Gasteiger partial charge is 0.0795 e. The molecule has 4 rings (SSSR count). The maximum atomic E-state index is 2.49. The summed E-state index contributed by atoms with van der Waals surface area (Å²) in [5.74, 6) is 0. The number of fused-ring (bicyclic) bond motifs is 5. The first-order chi connectivity index (χ1) is 8.69. The molecule has 88 valence electrons. The van der Waals surface area contributed by atoms with Gasteiger partial charge in [0.15, 0.2) is 0 Å². The third-order valence-corrected chi connectivity index (χ3v) is 8.05. The van der Waals surface area contributed by atoms with Crippen molar-refractivity contribution in [1.82, 2.24) is 0 Å². The highest BCUT2D eigenvalue weighted by molar-refractivity contribution is 7.04. The molecule has 0 unspecified atom stereocenters. The second kappa shape index (κ2) is 3.24. The molecule has 0 aromatic heterocycles. The monoisotopic (exact) mass is 248 g/mol. The summed E-state index contributed by atoms with van der Waals surface area (Å²) in [7, 11) is -1.49. The highest BCUT2D eigenvalue weighted by atomic mass is 28.3. The lowest BCUT2D eigenvalue weighted by atomic mass is 10.0. The Kier molecular flexibility index (Phi) is 1.86. The van der Waals surface area contributed by atoms with Gasteiger partial charge in [-0.2, -0.15) is 0 Å². The molecule has 2 aliphatic rings. The van der Waals surface area contributed by atoms with Gasteiger partial charge in [-0.1, -0.05) is 61.6 Å². The van der Waals surface area contributed by atoms with Gasteiger partial charge in [0.25, 0.3) is 0 Å². The fraction of sp³-hybridized carbons (Fsp3) is 0.176. The minimum Gasteiger partial charge on any atom is -0.0795 e. The van der Waals surface area contributed by atoms with Crippen LogP contribution in [0.5, 0.6) is 0 Å². The fourth-order valence-electron chi connectivity index (χ4n) is 3.63. The van der Waals surface area contributed by atoms with Crippen LogP contribution in [0.3, 0.4) is 0 Å². The Hall–Kier alpha value is -1.60. The normalized spacial score (nSPS) is 17.4. The van der Waals surface area contributed by atoms with Gasteiger partial charge in [-0.15, -0.1) is 0 Å². The number of hydrogen-bond donors (Lipinski definition) is 0. The average molecular weight is 248 g/mol. The van der Waals surface area contributed by atoms with E-state index in [1.807, 2.05) is 0 Å². The van der Waals surface area contributed by atoms with Crippen LogP contribution in [-0.2, 0) is 6.42 Å². The van der Waals surface area contributed by atoms with Crippen LogP contribution in [0.2, 0.25) is 13.1 Å². The predicted molar refractivity (Wildman–Crippen MR) is 81.4 cm³/mol. The van der Waals surface area contributed by atoms with Crippen LogP contribution < -0.4 is 10.4 Å². The summed E-state index contributed by atoms with van der Waals surface area (Å²) in [6, 6.07) is 13.7. The molecule has 1 heteroatoms. The Morgan fingerprint density at radius 3 is 2.67 bits per heavy atom. The molecule has 0 N–H and O–H groups in total. The average Bonchev–Trinajstić information content (AvgIpc) is 2.92. The van der Waals surface area contributed by atoms with E-state index in [9.17, 15) is 0 Å². The van der Waals surface area contributed by atoms with Gasteiger partial charge in [-0.05, 0) is 39.0 Å². The molecule has 18 heavy (non-hydrogen) atoms. The third-order valence-electron chi connectivity index (χ3n) is 4.47. The van der Waals surface area contributed by atoms with E-state index in [4.69, 9.17) is 0 Å². The van der Waals surface area contributed by atoms with E-state index in [1.165, 1.54) is 22.3 Å². The third kappa shape index (κ3) is 1.10. The first kappa shape index (κ1) is 10.3. The Balaban J connectivity index is 2.14. The Morgan fingerprint density at radius 1 is 0.944 bits per heavy atom. The summed E-state index contributed by atoms with van der Waals surface area (Å²) in [6.07, 6.45) is 5.76. The van der Waals surface area contributed by atoms with Crippen molar-refractivity contribution in [2.45, 2.75) is 19.5 Å². The molecule has 0 nitrogen and oxygen atoms in total. The predicted octanol–water partition coefficient (Wildman–Crippen LogP) is 3.06. The number of hydrogen-bond acceptors (Lipinski definition) is 0. The summed E-state index contributed by atoms with van der Waals surface area (Å²) in [4.78, 5) is 0. The summed E-state index contributed by atoms with van der Waals surface area (Å²) >= 11 is 0. The lowest BCUT2D eigenvalue weighted by Crippen LogP contribution is -2.50. The van der Waals surface area contributed by atoms with E-state index >= 15 is 0 Å². The van der Waals surface area contributed by atoms with Crippen LogP contribution >= 0.6 is 0 Å². The van der Waals surface area contributed by atoms with Gasteiger partial charge in [0.2, 0.25) is 0 Å². The minimum atomic E-state index is -1.49. The maximum absolute atomic E-state index is 2.49. The standard InChI is InChI=1S/C17H16Si/c1-18(2)16-9-4-3-7-14(16)15-11-10-12-6-5-8-13(12)17(15)18/h3-5,7-11H,6H2,1-2H3. The molecular weight excluding hydrogens is 232 g/mol. The number of benzene rings is 2. The maximum Gasteiger partial charge on any atom is 0.114 e. The topological polar surface area (TPSA) is 0 Å². The highest BCUT2D eigenvalue weighted by Gasteiger charge is 2.39. The molecule has 0 saturated heterocycles. The lowest BCUT2D eigenvalue weighted by molar-refractivity contribution is 1.32. The van der Waals surface area contributed by atoms with E-state index in [2.05, 4.69) is 61.6 Å². The lowest BCUT2D eigenvalue weighted by Gasteiger charge is -2.21. The van der Waals surface area contributed by atoms with E-state index in [-0.39, 0.29) is 0 Å². The molecule has 2 aromatic carbocycles. The molecule has 0 fully saturated rings. The molecule has 0 saturated carbocycles. The van der Waals surface area contributed by atoms with Gasteiger partial charge in [0.1, 0.15) is 8.07 Å². The van der Waals surface area contributed by atoms with Crippen LogP contribution in [-0.4, -0.2) is 8.07 Å². The summed E-state index contributed by atoms with van der Waals surface area (Å²) in [5.41, 5.74) is 6.02. The van der Waals surface area contributed by atoms with Crippen LogP contribution in [0.25, 0.3) is 17.2 Å². The molecule has 0 radical (unpaired) electrons. The van der Waals surface area contributed by atoms with Crippen molar-refractivity contribution in [2.75, 3.05) is 0 Å². The highest BCUT2D eigenvalue weighted by Crippen LogP contribution is 2.33. The van der Waals surface area contributed by atoms with Crippen LogP contribution in [0.1, 0.15) is 11.1 Å². The van der Waals surface area contributed by atoms with E-state index < -0.39 is 8.07 Å². The van der Waals surface area contributed by atoms with Gasteiger partial charge in [0, 0.05) is 0 Å². The van der Waals surface area contributed by atoms with Crippen molar-refractivity contribution in [3.63, 3.8) is 0 Å². The first-order valence-electron chi connectivity index (χ1n) is 6.62. The summed E-state index contributed by atoms with van der Waals surface area (Å²) in [5, 5.41) is 3.27. The largest absolute Gasteiger partial charge is 0.114 e. The molecular formula is C17H16Si. The van der Waals surface area contributed by atoms with Crippen molar-refractivity contribution in [2.24, 2.45) is 0 Å². The quantitative estimate of drug-likeness (QED) is 0.629. The molecule has 0 amide bonds. The van der Waals surface area contributed by atoms with Crippen LogP contribution in [0, 0.1) is 0 Å². The van der Waals surface area contributed by atoms with E-state index in [0.29, 0.717) is 0 Å². The van der Waals surface area contributed by atoms with Gasteiger partial charge >= 0.3 is 0 Å². The van der Waals surface area contributed by atoms with Crippen LogP contribution in [0.15, 0.2) is 42.5 Å². The molecule has 2 aromatic rings. The zero-order chi connectivity index (χ0) is 12.3. The molecule has 1 aliphatic carbocycles. The molecule has 0 bridgehead atoms. The van der Waals surface area contributed by atoms with Crippen molar-refractivity contribution >= 4 is 24.5 Å². The van der Waals surface area contributed by atoms with E-state index in [0.717, 1.165) is 6.42 Å². The van der Waals surface area contributed by atoms with Crippen LogP contribution in [0.4, 0.5) is 0 Å². The van der Waals surface area contributed by atoms with Gasteiger partial charge in [-0.3, -0.25) is 0 Å². The van der Waals surface area contributed by atoms with Gasteiger partial charge in [-0.25, -0.2) is 0 Å². The second-order valence-corrected chi connectivity index (χ2v) is 10.1. The first-order valence-corrected chi connectivity index (χ1v) is 9.62. The number of allylic oxidation sites excluding steroid dienone is 1. The van der Waals surface area contributed by atoms with Crippen molar-refractivity contribution in [3.8, 4) is 11.1 Å². The number of rotatable bonds is 0. The van der Waals surface area contributed by atoms with Crippen molar-refractivity contribution in [1.29, 1.82) is 0 Å². The minimum absolute atomic E-state index is 1.11. The second-order valence-electron chi connectivity index (χ2n) is 5.84. The molecule has 1 aliphatic heterocycles. The van der Waals surface area contributed by atoms with Crippen molar-refractivity contribution in [3.05, 3.63) is 53.6 Å². The SMILES string of the molecule is C[Si]1(C)c2ccccc2-c2ccc3c(c21)C=CC3. The fourth-order valence-corrected chi connectivity index (χ4v) is 7.11.